The number of nitrogen functional groups attached to an aromatic ring is 1. The van der Waals surface area contributed by atoms with Crippen molar-refractivity contribution in [1.82, 2.24) is 4.98 Å². The molecule has 1 aromatic heterocycles. The summed E-state index contributed by atoms with van der Waals surface area (Å²) in [5, 5.41) is 14.6. The summed E-state index contributed by atoms with van der Waals surface area (Å²) in [4.78, 5) is 20.1. The van der Waals surface area contributed by atoms with E-state index in [-0.39, 0.29) is 17.5 Å². The second-order valence-corrected chi connectivity index (χ2v) is 5.45. The smallest absolute Gasteiger partial charge is 0.360 e. The van der Waals surface area contributed by atoms with Crippen molar-refractivity contribution < 1.29 is 14.7 Å². The van der Waals surface area contributed by atoms with E-state index in [2.05, 4.69) is 10.1 Å². The van der Waals surface area contributed by atoms with Crippen molar-refractivity contribution in [2.75, 3.05) is 17.2 Å². The topological polar surface area (TPSA) is 97.8 Å². The minimum atomic E-state index is -1.17. The molecule has 8 heteroatoms. The second kappa shape index (κ2) is 5.37. The van der Waals surface area contributed by atoms with Crippen LogP contribution >= 0.6 is 23.1 Å². The highest BCUT2D eigenvalue weighted by Gasteiger charge is 2.20. The molecule has 1 aliphatic heterocycles. The normalized spacial score (nSPS) is 20.5. The highest BCUT2D eigenvalue weighted by molar-refractivity contribution is 7.99. The molecule has 0 aliphatic carbocycles. The van der Waals surface area contributed by atoms with Crippen LogP contribution in [0.1, 0.15) is 12.1 Å². The Bertz CT molecular complexity index is 440. The molecule has 1 fully saturated rings. The fraction of sp³-hybridized carbons (Fsp3) is 0.444. The lowest BCUT2D eigenvalue weighted by atomic mass is 10.3. The van der Waals surface area contributed by atoms with Crippen LogP contribution in [0.3, 0.4) is 0 Å². The monoisotopic (exact) mass is 273 g/mol. The molecule has 2 rings (SSSR count). The lowest BCUT2D eigenvalue weighted by Crippen LogP contribution is -2.18. The Balaban J connectivity index is 2.11. The first-order chi connectivity index (χ1) is 8.16. The molecule has 1 saturated heterocycles. The highest BCUT2D eigenvalue weighted by Crippen LogP contribution is 2.20. The van der Waals surface area contributed by atoms with Gasteiger partial charge in [0, 0.05) is 11.1 Å². The van der Waals surface area contributed by atoms with Crippen LogP contribution in [-0.4, -0.2) is 39.4 Å². The first-order valence-corrected chi connectivity index (χ1v) is 6.96. The summed E-state index contributed by atoms with van der Waals surface area (Å²) in [7, 11) is 0. The number of nitrogens with zero attached hydrogens (tertiary/aromatic N) is 2. The third kappa shape index (κ3) is 3.10. The Morgan fingerprint density at radius 2 is 2.53 bits per heavy atom. The number of thioether (sulfide) groups is 1. The van der Waals surface area contributed by atoms with Crippen molar-refractivity contribution in [2.24, 2.45) is 5.16 Å². The average Bonchev–Trinajstić information content (AvgIpc) is 2.90. The molecule has 2 heterocycles. The largest absolute Gasteiger partial charge is 0.476 e. The molecule has 1 atom stereocenters. The van der Waals surface area contributed by atoms with Crippen LogP contribution in [0.4, 0.5) is 5.13 Å². The third-order valence-electron chi connectivity index (χ3n) is 2.15. The van der Waals surface area contributed by atoms with E-state index < -0.39 is 5.97 Å². The number of hydrogen-bond donors (Lipinski definition) is 2. The standard InChI is InChI=1S/C9H11N3O3S2/c10-9-11-6(4-17-9)7(8(13)14)12-15-5-1-2-16-3-5/h4-5H,1-3H2,(H2,10,11)(H,13,14). The van der Waals surface area contributed by atoms with Gasteiger partial charge < -0.3 is 15.7 Å². The summed E-state index contributed by atoms with van der Waals surface area (Å²) >= 11 is 2.94. The number of hydrogen-bond acceptors (Lipinski definition) is 7. The zero-order valence-electron chi connectivity index (χ0n) is 8.83. The van der Waals surface area contributed by atoms with Crippen molar-refractivity contribution in [3.05, 3.63) is 11.1 Å². The maximum atomic E-state index is 11.0. The number of oxime groups is 1. The SMILES string of the molecule is Nc1nc(C(=NOC2CCSC2)C(=O)O)cs1. The van der Waals surface area contributed by atoms with E-state index >= 15 is 0 Å². The Morgan fingerprint density at radius 3 is 3.06 bits per heavy atom. The summed E-state index contributed by atoms with van der Waals surface area (Å²) in [6.07, 6.45) is 0.880. The van der Waals surface area contributed by atoms with Crippen LogP contribution in [0.5, 0.6) is 0 Å². The Morgan fingerprint density at radius 1 is 1.71 bits per heavy atom. The summed E-state index contributed by atoms with van der Waals surface area (Å²) in [6.45, 7) is 0. The Hall–Kier alpha value is -1.28. The molecule has 6 nitrogen and oxygen atoms in total. The molecule has 0 saturated carbocycles. The van der Waals surface area contributed by atoms with Gasteiger partial charge in [-0.2, -0.15) is 11.8 Å². The van der Waals surface area contributed by atoms with Gasteiger partial charge in [-0.15, -0.1) is 11.3 Å². The Labute approximate surface area is 106 Å². The van der Waals surface area contributed by atoms with Crippen molar-refractivity contribution in [3.8, 4) is 0 Å². The molecule has 0 radical (unpaired) electrons. The lowest BCUT2D eigenvalue weighted by molar-refractivity contribution is -0.129. The van der Waals surface area contributed by atoms with Crippen molar-refractivity contribution >= 4 is 39.9 Å². The van der Waals surface area contributed by atoms with Crippen LogP contribution < -0.4 is 5.73 Å². The first kappa shape index (κ1) is 12.2. The number of carbonyl (C=O) groups is 1. The molecule has 17 heavy (non-hydrogen) atoms. The number of anilines is 1. The van der Waals surface area contributed by atoms with E-state index in [1.54, 1.807) is 17.1 Å². The Kier molecular flexibility index (Phi) is 3.85. The summed E-state index contributed by atoms with van der Waals surface area (Å²) in [6, 6.07) is 0. The quantitative estimate of drug-likeness (QED) is 0.628. The number of carboxylic acid groups (broad SMARTS) is 1. The van der Waals surface area contributed by atoms with Crippen molar-refractivity contribution in [1.29, 1.82) is 0 Å². The molecule has 0 spiro atoms. The van der Waals surface area contributed by atoms with Gasteiger partial charge in [-0.1, -0.05) is 5.16 Å². The van der Waals surface area contributed by atoms with Gasteiger partial charge in [-0.3, -0.25) is 0 Å². The van der Waals surface area contributed by atoms with E-state index in [0.717, 1.165) is 17.9 Å². The van der Waals surface area contributed by atoms with E-state index in [9.17, 15) is 4.79 Å². The van der Waals surface area contributed by atoms with Gasteiger partial charge in [0.25, 0.3) is 0 Å². The van der Waals surface area contributed by atoms with E-state index in [0.29, 0.717) is 5.13 Å². The average molecular weight is 273 g/mol. The predicted octanol–water partition coefficient (Wildman–Crippen LogP) is 1.04. The van der Waals surface area contributed by atoms with E-state index in [1.807, 2.05) is 0 Å². The van der Waals surface area contributed by atoms with Gasteiger partial charge in [0.1, 0.15) is 11.8 Å². The molecule has 92 valence electrons. The number of aliphatic carboxylic acids is 1. The molecule has 1 aromatic rings. The van der Waals surface area contributed by atoms with Crippen molar-refractivity contribution in [3.63, 3.8) is 0 Å². The number of aromatic nitrogens is 1. The lowest BCUT2D eigenvalue weighted by Gasteiger charge is -2.06. The van der Waals surface area contributed by atoms with Crippen LogP contribution in [0.2, 0.25) is 0 Å². The van der Waals surface area contributed by atoms with Crippen LogP contribution in [0.25, 0.3) is 0 Å². The maximum Gasteiger partial charge on any atom is 0.360 e. The highest BCUT2D eigenvalue weighted by atomic mass is 32.2. The van der Waals surface area contributed by atoms with Gasteiger partial charge in [0.05, 0.1) is 0 Å². The van der Waals surface area contributed by atoms with Gasteiger partial charge >= 0.3 is 5.97 Å². The minimum Gasteiger partial charge on any atom is -0.476 e. The van der Waals surface area contributed by atoms with Crippen LogP contribution in [0.15, 0.2) is 10.5 Å². The third-order valence-corrected chi connectivity index (χ3v) is 3.95. The molecule has 1 unspecified atom stereocenters. The predicted molar refractivity (Wildman–Crippen MR) is 67.5 cm³/mol. The van der Waals surface area contributed by atoms with E-state index in [1.165, 1.54) is 11.3 Å². The van der Waals surface area contributed by atoms with Gasteiger partial charge in [0.15, 0.2) is 5.13 Å². The summed E-state index contributed by atoms with van der Waals surface area (Å²) in [5.74, 6) is 0.697. The zero-order chi connectivity index (χ0) is 12.3. The fourth-order valence-electron chi connectivity index (χ4n) is 1.32. The maximum absolute atomic E-state index is 11.0. The van der Waals surface area contributed by atoms with Gasteiger partial charge in [-0.05, 0) is 12.2 Å². The van der Waals surface area contributed by atoms with Gasteiger partial charge in [-0.25, -0.2) is 9.78 Å². The van der Waals surface area contributed by atoms with Crippen LogP contribution in [-0.2, 0) is 9.63 Å². The molecule has 0 aromatic carbocycles. The molecule has 3 N–H and O–H groups in total. The summed E-state index contributed by atoms with van der Waals surface area (Å²) in [5.41, 5.74) is 5.49. The molecule has 0 amide bonds. The number of thiazole rings is 1. The molecular weight excluding hydrogens is 262 g/mol. The number of nitrogens with two attached hydrogens (primary N) is 1. The second-order valence-electron chi connectivity index (χ2n) is 3.41. The fourth-order valence-corrected chi connectivity index (χ4v) is 2.95. The first-order valence-electron chi connectivity index (χ1n) is 4.93. The molecule has 0 bridgehead atoms. The molecular formula is C9H11N3O3S2. The number of rotatable bonds is 4. The zero-order valence-corrected chi connectivity index (χ0v) is 10.5. The van der Waals surface area contributed by atoms with Crippen LogP contribution in [0, 0.1) is 0 Å². The number of carboxylic acids is 1. The minimum absolute atomic E-state index is 0.00895. The van der Waals surface area contributed by atoms with Crippen molar-refractivity contribution in [2.45, 2.75) is 12.5 Å². The summed E-state index contributed by atoms with van der Waals surface area (Å²) < 4.78 is 0. The van der Waals surface area contributed by atoms with Gasteiger partial charge in [0.2, 0.25) is 5.71 Å². The molecule has 1 aliphatic rings. The van der Waals surface area contributed by atoms with E-state index in [4.69, 9.17) is 15.7 Å².